The molecule has 6 heteroatoms. The molecule has 0 aliphatic rings. The summed E-state index contributed by atoms with van der Waals surface area (Å²) in [4.78, 5) is 16.3. The molecule has 0 unspecified atom stereocenters. The Morgan fingerprint density at radius 1 is 1.07 bits per heavy atom. The van der Waals surface area contributed by atoms with Crippen LogP contribution in [0.1, 0.15) is 36.7 Å². The third kappa shape index (κ3) is 5.95. The summed E-state index contributed by atoms with van der Waals surface area (Å²) in [6, 6.07) is 17.3. The van der Waals surface area contributed by atoms with Crippen LogP contribution >= 0.6 is 0 Å². The van der Waals surface area contributed by atoms with E-state index in [1.807, 2.05) is 68.4 Å². The number of aromatic nitrogens is 2. The van der Waals surface area contributed by atoms with Crippen LogP contribution in [0, 0.1) is 0 Å². The minimum atomic E-state index is -0.362. The van der Waals surface area contributed by atoms with Gasteiger partial charge in [0, 0.05) is 6.42 Å². The van der Waals surface area contributed by atoms with Gasteiger partial charge in [-0.25, -0.2) is 0 Å². The van der Waals surface area contributed by atoms with Gasteiger partial charge in [0.1, 0.15) is 5.75 Å². The number of ether oxygens (including phenoxy) is 2. The molecule has 0 saturated carbocycles. The zero-order valence-corrected chi connectivity index (χ0v) is 15.4. The highest BCUT2D eigenvalue weighted by atomic mass is 16.6. The van der Waals surface area contributed by atoms with Crippen LogP contribution in [0.5, 0.6) is 5.75 Å². The quantitative estimate of drug-likeness (QED) is 0.566. The summed E-state index contributed by atoms with van der Waals surface area (Å²) in [6.07, 6.45) is 0.802. The summed E-state index contributed by atoms with van der Waals surface area (Å²) in [7, 11) is 0. The van der Waals surface area contributed by atoms with Gasteiger partial charge < -0.3 is 14.0 Å². The predicted molar refractivity (Wildman–Crippen MR) is 99.3 cm³/mol. The Balaban J connectivity index is 1.49. The van der Waals surface area contributed by atoms with Crippen molar-refractivity contribution >= 4 is 5.97 Å². The monoisotopic (exact) mass is 366 g/mol. The lowest BCUT2D eigenvalue weighted by Gasteiger charge is -2.10. The lowest BCUT2D eigenvalue weighted by molar-refractivity contribution is -0.144. The topological polar surface area (TPSA) is 74.5 Å². The van der Waals surface area contributed by atoms with Gasteiger partial charge in [-0.3, -0.25) is 4.79 Å². The van der Waals surface area contributed by atoms with Crippen LogP contribution in [0.25, 0.3) is 0 Å². The smallest absolute Gasteiger partial charge is 0.310 e. The third-order valence-corrected chi connectivity index (χ3v) is 3.69. The van der Waals surface area contributed by atoms with Crippen molar-refractivity contribution in [2.24, 2.45) is 0 Å². The molecule has 6 nitrogen and oxygen atoms in total. The van der Waals surface area contributed by atoms with Gasteiger partial charge in [0.15, 0.2) is 12.4 Å². The van der Waals surface area contributed by atoms with E-state index in [0.29, 0.717) is 12.2 Å². The van der Waals surface area contributed by atoms with Crippen LogP contribution in [0.2, 0.25) is 0 Å². The van der Waals surface area contributed by atoms with Crippen molar-refractivity contribution in [3.63, 3.8) is 0 Å². The molecule has 0 atom stereocenters. The number of hydrogen-bond donors (Lipinski definition) is 0. The van der Waals surface area contributed by atoms with E-state index in [-0.39, 0.29) is 31.0 Å². The Morgan fingerprint density at radius 3 is 2.63 bits per heavy atom. The minimum absolute atomic E-state index is 0.0389. The lowest BCUT2D eigenvalue weighted by atomic mass is 10.1. The number of carbonyl (C=O) groups is 1. The van der Waals surface area contributed by atoms with Gasteiger partial charge in [0.05, 0.1) is 12.5 Å². The molecular formula is C21H22N2O4. The highest BCUT2D eigenvalue weighted by Gasteiger charge is 2.11. The van der Waals surface area contributed by atoms with Crippen molar-refractivity contribution in [2.75, 3.05) is 0 Å². The first kappa shape index (κ1) is 18.6. The first-order chi connectivity index (χ1) is 13.1. The van der Waals surface area contributed by atoms with E-state index in [4.69, 9.17) is 14.0 Å². The van der Waals surface area contributed by atoms with Gasteiger partial charge in [-0.1, -0.05) is 47.6 Å². The van der Waals surface area contributed by atoms with E-state index in [1.165, 1.54) is 0 Å². The van der Waals surface area contributed by atoms with Crippen molar-refractivity contribution in [3.05, 3.63) is 77.4 Å². The predicted octanol–water partition coefficient (Wildman–Crippen LogP) is 3.73. The van der Waals surface area contributed by atoms with Crippen molar-refractivity contribution in [1.82, 2.24) is 10.1 Å². The molecule has 2 aromatic carbocycles. The number of benzene rings is 2. The molecule has 1 heterocycles. The fourth-order valence-corrected chi connectivity index (χ4v) is 2.56. The molecule has 3 aromatic rings. The largest absolute Gasteiger partial charge is 0.491 e. The van der Waals surface area contributed by atoms with E-state index in [0.717, 1.165) is 16.9 Å². The molecule has 27 heavy (non-hydrogen) atoms. The summed E-state index contributed by atoms with van der Waals surface area (Å²) in [5.41, 5.74) is 1.92. The summed E-state index contributed by atoms with van der Waals surface area (Å²) in [6.45, 7) is 3.87. The van der Waals surface area contributed by atoms with Gasteiger partial charge >= 0.3 is 5.97 Å². The first-order valence-corrected chi connectivity index (χ1v) is 8.85. The van der Waals surface area contributed by atoms with Crippen molar-refractivity contribution in [2.45, 2.75) is 39.4 Å². The maximum atomic E-state index is 12.1. The van der Waals surface area contributed by atoms with E-state index >= 15 is 0 Å². The second-order valence-electron chi connectivity index (χ2n) is 6.42. The maximum absolute atomic E-state index is 12.1. The third-order valence-electron chi connectivity index (χ3n) is 3.69. The van der Waals surface area contributed by atoms with Gasteiger partial charge in [-0.05, 0) is 37.1 Å². The molecule has 0 radical (unpaired) electrons. The summed E-state index contributed by atoms with van der Waals surface area (Å²) < 4.78 is 16.0. The number of carbonyl (C=O) groups excluding carboxylic acids is 1. The standard InChI is InChI=1S/C21H22N2O4/c1-15(2)26-18-10-6-9-17(11-18)13-21(24)25-14-20-22-19(23-27-20)12-16-7-4-3-5-8-16/h3-11,15H,12-14H2,1-2H3. The van der Waals surface area contributed by atoms with Crippen LogP contribution in [0.4, 0.5) is 0 Å². The van der Waals surface area contributed by atoms with Crippen LogP contribution in [-0.4, -0.2) is 22.2 Å². The van der Waals surface area contributed by atoms with Crippen LogP contribution < -0.4 is 4.74 Å². The second kappa shape index (κ2) is 8.98. The SMILES string of the molecule is CC(C)Oc1cccc(CC(=O)OCc2nc(Cc3ccccc3)no2)c1. The van der Waals surface area contributed by atoms with E-state index in [9.17, 15) is 4.79 Å². The molecule has 0 N–H and O–H groups in total. The Bertz CT molecular complexity index is 875. The van der Waals surface area contributed by atoms with Crippen molar-refractivity contribution in [1.29, 1.82) is 0 Å². The fourth-order valence-electron chi connectivity index (χ4n) is 2.56. The van der Waals surface area contributed by atoms with Crippen molar-refractivity contribution in [3.8, 4) is 5.75 Å². The van der Waals surface area contributed by atoms with Crippen LogP contribution in [0.3, 0.4) is 0 Å². The number of hydrogen-bond acceptors (Lipinski definition) is 6. The molecular weight excluding hydrogens is 344 g/mol. The Hall–Kier alpha value is -3.15. The number of esters is 1. The van der Waals surface area contributed by atoms with E-state index in [1.54, 1.807) is 0 Å². The van der Waals surface area contributed by atoms with Gasteiger partial charge in [0.25, 0.3) is 5.89 Å². The average Bonchev–Trinajstić information content (AvgIpc) is 3.08. The van der Waals surface area contributed by atoms with E-state index in [2.05, 4.69) is 10.1 Å². The Morgan fingerprint density at radius 2 is 1.85 bits per heavy atom. The van der Waals surface area contributed by atoms with Crippen LogP contribution in [0.15, 0.2) is 59.1 Å². The Labute approximate surface area is 158 Å². The molecule has 0 bridgehead atoms. The first-order valence-electron chi connectivity index (χ1n) is 8.85. The zero-order valence-electron chi connectivity index (χ0n) is 15.4. The number of nitrogens with zero attached hydrogens (tertiary/aromatic N) is 2. The Kier molecular flexibility index (Phi) is 6.20. The molecule has 0 fully saturated rings. The molecule has 3 rings (SSSR count). The fraction of sp³-hybridized carbons (Fsp3) is 0.286. The zero-order chi connectivity index (χ0) is 19.1. The van der Waals surface area contributed by atoms with Gasteiger partial charge in [-0.2, -0.15) is 4.98 Å². The van der Waals surface area contributed by atoms with E-state index < -0.39 is 0 Å². The molecule has 0 aliphatic carbocycles. The minimum Gasteiger partial charge on any atom is -0.491 e. The molecule has 0 amide bonds. The molecule has 0 spiro atoms. The molecule has 140 valence electrons. The summed E-state index contributed by atoms with van der Waals surface area (Å²) in [5, 5.41) is 3.92. The lowest BCUT2D eigenvalue weighted by Crippen LogP contribution is -2.09. The number of rotatable bonds is 8. The normalized spacial score (nSPS) is 10.8. The van der Waals surface area contributed by atoms with Gasteiger partial charge in [0.2, 0.25) is 0 Å². The highest BCUT2D eigenvalue weighted by molar-refractivity contribution is 5.72. The molecule has 1 aromatic heterocycles. The summed E-state index contributed by atoms with van der Waals surface area (Å²) >= 11 is 0. The summed E-state index contributed by atoms with van der Waals surface area (Å²) in [5.74, 6) is 1.22. The molecule has 0 aliphatic heterocycles. The van der Waals surface area contributed by atoms with Crippen molar-refractivity contribution < 1.29 is 18.8 Å². The maximum Gasteiger partial charge on any atom is 0.310 e. The van der Waals surface area contributed by atoms with Crippen LogP contribution in [-0.2, 0) is 29.0 Å². The van der Waals surface area contributed by atoms with Gasteiger partial charge in [-0.15, -0.1) is 0 Å². The second-order valence-corrected chi connectivity index (χ2v) is 6.42. The average molecular weight is 366 g/mol. The highest BCUT2D eigenvalue weighted by Crippen LogP contribution is 2.16. The molecule has 0 saturated heterocycles.